The van der Waals surface area contributed by atoms with Crippen LogP contribution in [-0.4, -0.2) is 33.7 Å². The van der Waals surface area contributed by atoms with Gasteiger partial charge in [-0.05, 0) is 38.0 Å². The molecule has 2 rings (SSSR count). The summed E-state index contributed by atoms with van der Waals surface area (Å²) in [6.45, 7) is 7.02. The average Bonchev–Trinajstić information content (AvgIpc) is 2.81. The lowest BCUT2D eigenvalue weighted by atomic mass is 10.2. The third kappa shape index (κ3) is 3.74. The fourth-order valence-corrected chi connectivity index (χ4v) is 2.35. The normalized spacial score (nSPS) is 12.2. The number of hydrogen-bond donors (Lipinski definition) is 2. The molecule has 2 aromatic rings. The number of aromatic nitrogens is 2. The van der Waals surface area contributed by atoms with Crippen molar-refractivity contribution in [3.8, 4) is 0 Å². The molecule has 2 N–H and O–H groups in total. The summed E-state index contributed by atoms with van der Waals surface area (Å²) in [6.07, 6.45) is 1.77. The minimum atomic E-state index is -0.0966. The fraction of sp³-hybridized carbons (Fsp3) is 0.412. The van der Waals surface area contributed by atoms with Gasteiger partial charge in [0.15, 0.2) is 0 Å². The Kier molecular flexibility index (Phi) is 5.33. The second-order valence-electron chi connectivity index (χ2n) is 5.69. The Labute approximate surface area is 131 Å². The summed E-state index contributed by atoms with van der Waals surface area (Å²) >= 11 is 0. The van der Waals surface area contributed by atoms with Gasteiger partial charge in [-0.3, -0.25) is 9.78 Å². The van der Waals surface area contributed by atoms with Crippen LogP contribution in [0.15, 0.2) is 30.5 Å². The van der Waals surface area contributed by atoms with Crippen LogP contribution in [-0.2, 0) is 6.54 Å². The van der Waals surface area contributed by atoms with Gasteiger partial charge in [0, 0.05) is 30.7 Å². The Hall–Kier alpha value is -2.14. The van der Waals surface area contributed by atoms with Gasteiger partial charge in [0.1, 0.15) is 0 Å². The molecule has 1 atom stereocenters. The summed E-state index contributed by atoms with van der Waals surface area (Å²) in [6, 6.07) is 7.72. The van der Waals surface area contributed by atoms with E-state index in [9.17, 15) is 4.79 Å². The smallest absolute Gasteiger partial charge is 0.253 e. The van der Waals surface area contributed by atoms with Gasteiger partial charge in [0.25, 0.3) is 5.91 Å². The molecule has 2 heterocycles. The van der Waals surface area contributed by atoms with E-state index >= 15 is 0 Å². The van der Waals surface area contributed by atoms with Gasteiger partial charge in [-0.15, -0.1) is 0 Å². The van der Waals surface area contributed by atoms with Gasteiger partial charge >= 0.3 is 0 Å². The predicted octanol–water partition coefficient (Wildman–Crippen LogP) is 1.91. The highest BCUT2D eigenvalue weighted by atomic mass is 16.3. The molecular weight excluding hydrogens is 278 g/mol. The van der Waals surface area contributed by atoms with Crippen molar-refractivity contribution in [2.75, 3.05) is 13.2 Å². The topological polar surface area (TPSA) is 67.2 Å². The first-order chi connectivity index (χ1) is 10.5. The SMILES string of the molecule is Cc1cc(C(=O)NCC(C)CO)c(C)n1Cc1ccccn1. The summed E-state index contributed by atoms with van der Waals surface area (Å²) in [7, 11) is 0. The molecule has 0 saturated carbocycles. The molecule has 22 heavy (non-hydrogen) atoms. The molecule has 0 aliphatic carbocycles. The maximum absolute atomic E-state index is 12.3. The second kappa shape index (κ2) is 7.22. The Morgan fingerprint density at radius 3 is 2.82 bits per heavy atom. The number of amides is 1. The molecule has 118 valence electrons. The van der Waals surface area contributed by atoms with E-state index in [1.807, 2.05) is 45.0 Å². The van der Waals surface area contributed by atoms with Crippen molar-refractivity contribution in [1.82, 2.24) is 14.9 Å². The zero-order valence-electron chi connectivity index (χ0n) is 13.3. The third-order valence-corrected chi connectivity index (χ3v) is 3.79. The largest absolute Gasteiger partial charge is 0.396 e. The van der Waals surface area contributed by atoms with Crippen LogP contribution in [0, 0.1) is 19.8 Å². The van der Waals surface area contributed by atoms with E-state index in [1.54, 1.807) is 6.20 Å². The van der Waals surface area contributed by atoms with Crippen molar-refractivity contribution in [3.05, 3.63) is 53.1 Å². The molecule has 0 bridgehead atoms. The second-order valence-corrected chi connectivity index (χ2v) is 5.69. The standard InChI is InChI=1S/C17H23N3O2/c1-12(11-21)9-19-17(22)16-8-13(2)20(14(16)3)10-15-6-4-5-7-18-15/h4-8,12,21H,9-11H2,1-3H3,(H,19,22). The molecule has 0 spiro atoms. The lowest BCUT2D eigenvalue weighted by Crippen LogP contribution is -2.29. The van der Waals surface area contributed by atoms with E-state index < -0.39 is 0 Å². The van der Waals surface area contributed by atoms with Gasteiger partial charge in [0.05, 0.1) is 17.8 Å². The van der Waals surface area contributed by atoms with E-state index in [4.69, 9.17) is 5.11 Å². The zero-order chi connectivity index (χ0) is 16.1. The number of carbonyl (C=O) groups excluding carboxylic acids is 1. The van der Waals surface area contributed by atoms with Crippen molar-refractivity contribution in [2.45, 2.75) is 27.3 Å². The van der Waals surface area contributed by atoms with E-state index in [0.717, 1.165) is 17.1 Å². The minimum absolute atomic E-state index is 0.0564. The van der Waals surface area contributed by atoms with E-state index in [1.165, 1.54) is 0 Å². The molecule has 0 aromatic carbocycles. The number of nitrogens with one attached hydrogen (secondary N) is 1. The summed E-state index contributed by atoms with van der Waals surface area (Å²) in [5.74, 6) is -0.0402. The van der Waals surface area contributed by atoms with Crippen LogP contribution in [0.25, 0.3) is 0 Å². The molecule has 0 aliphatic rings. The van der Waals surface area contributed by atoms with Gasteiger partial charge in [-0.1, -0.05) is 13.0 Å². The van der Waals surface area contributed by atoms with Crippen molar-refractivity contribution >= 4 is 5.91 Å². The van der Waals surface area contributed by atoms with Gasteiger partial charge in [-0.2, -0.15) is 0 Å². The molecule has 1 amide bonds. The molecule has 0 radical (unpaired) electrons. The Morgan fingerprint density at radius 1 is 1.41 bits per heavy atom. The summed E-state index contributed by atoms with van der Waals surface area (Å²) in [5, 5.41) is 11.9. The lowest BCUT2D eigenvalue weighted by Gasteiger charge is -2.11. The first kappa shape index (κ1) is 16.2. The predicted molar refractivity (Wildman–Crippen MR) is 85.8 cm³/mol. The Bertz CT molecular complexity index is 635. The van der Waals surface area contributed by atoms with Crippen LogP contribution in [0.3, 0.4) is 0 Å². The molecular formula is C17H23N3O2. The minimum Gasteiger partial charge on any atom is -0.396 e. The van der Waals surface area contributed by atoms with Crippen molar-refractivity contribution in [2.24, 2.45) is 5.92 Å². The molecule has 2 aromatic heterocycles. The maximum Gasteiger partial charge on any atom is 0.253 e. The Balaban J connectivity index is 2.14. The van der Waals surface area contributed by atoms with E-state index in [0.29, 0.717) is 18.7 Å². The molecule has 5 heteroatoms. The maximum atomic E-state index is 12.3. The van der Waals surface area contributed by atoms with Crippen LogP contribution in [0.5, 0.6) is 0 Å². The number of nitrogens with zero attached hydrogens (tertiary/aromatic N) is 2. The number of aliphatic hydroxyl groups excluding tert-OH is 1. The first-order valence-corrected chi connectivity index (χ1v) is 7.48. The van der Waals surface area contributed by atoms with Gasteiger partial charge in [0.2, 0.25) is 0 Å². The van der Waals surface area contributed by atoms with Crippen LogP contribution in [0.1, 0.15) is 34.4 Å². The van der Waals surface area contributed by atoms with Crippen molar-refractivity contribution < 1.29 is 9.90 Å². The van der Waals surface area contributed by atoms with Crippen molar-refractivity contribution in [1.29, 1.82) is 0 Å². The quantitative estimate of drug-likeness (QED) is 0.856. The van der Waals surface area contributed by atoms with E-state index in [2.05, 4.69) is 14.9 Å². The third-order valence-electron chi connectivity index (χ3n) is 3.79. The van der Waals surface area contributed by atoms with E-state index in [-0.39, 0.29) is 18.4 Å². The summed E-state index contributed by atoms with van der Waals surface area (Å²) in [5.41, 5.74) is 3.60. The highest BCUT2D eigenvalue weighted by molar-refractivity contribution is 5.95. The molecule has 5 nitrogen and oxygen atoms in total. The Morgan fingerprint density at radius 2 is 2.18 bits per heavy atom. The van der Waals surface area contributed by atoms with Crippen LogP contribution in [0.2, 0.25) is 0 Å². The highest BCUT2D eigenvalue weighted by Gasteiger charge is 2.16. The van der Waals surface area contributed by atoms with Crippen LogP contribution >= 0.6 is 0 Å². The monoisotopic (exact) mass is 301 g/mol. The number of aryl methyl sites for hydroxylation is 1. The highest BCUT2D eigenvalue weighted by Crippen LogP contribution is 2.16. The fourth-order valence-electron chi connectivity index (χ4n) is 2.35. The molecule has 0 fully saturated rings. The number of carbonyl (C=O) groups is 1. The molecule has 1 unspecified atom stereocenters. The number of pyridine rings is 1. The molecule has 0 saturated heterocycles. The first-order valence-electron chi connectivity index (χ1n) is 7.48. The van der Waals surface area contributed by atoms with Crippen molar-refractivity contribution in [3.63, 3.8) is 0 Å². The van der Waals surface area contributed by atoms with Crippen LogP contribution < -0.4 is 5.32 Å². The number of aliphatic hydroxyl groups is 1. The zero-order valence-corrected chi connectivity index (χ0v) is 13.3. The number of hydrogen-bond acceptors (Lipinski definition) is 3. The number of rotatable bonds is 6. The average molecular weight is 301 g/mol. The lowest BCUT2D eigenvalue weighted by molar-refractivity contribution is 0.0941. The summed E-state index contributed by atoms with van der Waals surface area (Å²) < 4.78 is 2.09. The van der Waals surface area contributed by atoms with Gasteiger partial charge < -0.3 is 15.0 Å². The van der Waals surface area contributed by atoms with Crippen LogP contribution in [0.4, 0.5) is 0 Å². The molecule has 0 aliphatic heterocycles. The van der Waals surface area contributed by atoms with Gasteiger partial charge in [-0.25, -0.2) is 0 Å². The summed E-state index contributed by atoms with van der Waals surface area (Å²) in [4.78, 5) is 16.6.